The zero-order valence-electron chi connectivity index (χ0n) is 18.8. The summed E-state index contributed by atoms with van der Waals surface area (Å²) in [6.07, 6.45) is 4.09. The third-order valence-corrected chi connectivity index (χ3v) is 7.17. The Hall–Kier alpha value is -2.88. The third kappa shape index (κ3) is 5.43. The predicted molar refractivity (Wildman–Crippen MR) is 130 cm³/mol. The van der Waals surface area contributed by atoms with Gasteiger partial charge in [0.15, 0.2) is 0 Å². The normalized spacial score (nSPS) is 18.2. The number of H-pyrrole nitrogens is 1. The number of hydrogen-bond donors (Lipinski definition) is 2. The van der Waals surface area contributed by atoms with Gasteiger partial charge in [0.2, 0.25) is 5.91 Å². The minimum absolute atomic E-state index is 0.124. The van der Waals surface area contributed by atoms with Crippen molar-refractivity contribution in [2.75, 3.05) is 50.5 Å². The van der Waals surface area contributed by atoms with Crippen LogP contribution < -0.4 is 10.1 Å². The Morgan fingerprint density at radius 1 is 1.21 bits per heavy atom. The lowest BCUT2D eigenvalue weighted by Crippen LogP contribution is -2.37. The summed E-state index contributed by atoms with van der Waals surface area (Å²) >= 11 is 1.72. The van der Waals surface area contributed by atoms with Crippen LogP contribution in [0.4, 0.5) is 10.1 Å². The van der Waals surface area contributed by atoms with Gasteiger partial charge in [0.1, 0.15) is 18.2 Å². The van der Waals surface area contributed by atoms with Crippen molar-refractivity contribution in [3.8, 4) is 16.9 Å². The maximum absolute atomic E-state index is 13.7. The molecule has 2 aromatic carbocycles. The van der Waals surface area contributed by atoms with Gasteiger partial charge in [-0.05, 0) is 47.9 Å². The summed E-state index contributed by atoms with van der Waals surface area (Å²) in [5, 5.41) is 9.99. The van der Waals surface area contributed by atoms with Crippen molar-refractivity contribution in [1.29, 1.82) is 0 Å². The maximum atomic E-state index is 13.7. The van der Waals surface area contributed by atoms with E-state index in [2.05, 4.69) is 26.5 Å². The topological polar surface area (TPSA) is 79.5 Å². The number of aromatic amines is 1. The largest absolute Gasteiger partial charge is 0.492 e. The van der Waals surface area contributed by atoms with Gasteiger partial charge >= 0.3 is 0 Å². The predicted octanol–water partition coefficient (Wildman–Crippen LogP) is 3.83. The van der Waals surface area contributed by atoms with Crippen LogP contribution in [0.15, 0.2) is 53.7 Å². The molecule has 0 spiro atoms. The Bertz CT molecular complexity index is 1140. The molecule has 1 fully saturated rings. The van der Waals surface area contributed by atoms with E-state index in [4.69, 9.17) is 9.47 Å². The molecule has 178 valence electrons. The molecule has 0 radical (unpaired) electrons. The highest BCUT2D eigenvalue weighted by Gasteiger charge is 2.27. The van der Waals surface area contributed by atoms with Crippen molar-refractivity contribution in [1.82, 2.24) is 15.1 Å². The highest BCUT2D eigenvalue weighted by molar-refractivity contribution is 7.99. The second-order valence-electron chi connectivity index (χ2n) is 8.45. The summed E-state index contributed by atoms with van der Waals surface area (Å²) in [6, 6.07) is 10.5. The summed E-state index contributed by atoms with van der Waals surface area (Å²) in [6.45, 7) is 4.68. The molecular formula is C25H27FN4O3S. The van der Waals surface area contributed by atoms with Gasteiger partial charge in [0.25, 0.3) is 0 Å². The Morgan fingerprint density at radius 2 is 2.09 bits per heavy atom. The average Bonchev–Trinajstić information content (AvgIpc) is 3.40. The van der Waals surface area contributed by atoms with Crippen LogP contribution in [-0.2, 0) is 16.0 Å². The number of rotatable bonds is 7. The van der Waals surface area contributed by atoms with E-state index in [1.807, 2.05) is 18.3 Å². The van der Waals surface area contributed by atoms with Crippen LogP contribution in [-0.4, -0.2) is 66.2 Å². The number of nitrogens with zero attached hydrogens (tertiary/aromatic N) is 2. The van der Waals surface area contributed by atoms with E-state index in [1.165, 1.54) is 12.1 Å². The molecule has 2 N–H and O–H groups in total. The van der Waals surface area contributed by atoms with Gasteiger partial charge in [-0.1, -0.05) is 6.07 Å². The Morgan fingerprint density at radius 3 is 2.91 bits per heavy atom. The second kappa shape index (κ2) is 10.6. The van der Waals surface area contributed by atoms with Crippen molar-refractivity contribution < 1.29 is 18.7 Å². The van der Waals surface area contributed by atoms with Crippen LogP contribution in [0, 0.1) is 11.7 Å². The number of ether oxygens (including phenoxy) is 2. The number of amides is 1. The molecule has 2 aliphatic rings. The molecular weight excluding hydrogens is 455 g/mol. The van der Waals surface area contributed by atoms with Crippen LogP contribution in [0.1, 0.15) is 5.56 Å². The zero-order valence-corrected chi connectivity index (χ0v) is 19.6. The number of halogens is 1. The number of fused-ring (bicyclic) bond motifs is 1. The van der Waals surface area contributed by atoms with Crippen LogP contribution in [0.3, 0.4) is 0 Å². The molecule has 0 aliphatic carbocycles. The first-order valence-electron chi connectivity index (χ1n) is 11.4. The molecule has 1 atom stereocenters. The summed E-state index contributed by atoms with van der Waals surface area (Å²) < 4.78 is 24.8. The molecule has 34 heavy (non-hydrogen) atoms. The smallest absolute Gasteiger partial charge is 0.231 e. The van der Waals surface area contributed by atoms with Crippen molar-refractivity contribution >= 4 is 23.4 Å². The number of aromatic nitrogens is 2. The minimum atomic E-state index is -0.381. The quantitative estimate of drug-likeness (QED) is 0.499. The summed E-state index contributed by atoms with van der Waals surface area (Å²) in [4.78, 5) is 16.5. The van der Waals surface area contributed by atoms with E-state index in [1.54, 1.807) is 24.0 Å². The number of nitrogens with one attached hydrogen (secondary N) is 2. The van der Waals surface area contributed by atoms with Gasteiger partial charge in [0, 0.05) is 42.0 Å². The lowest BCUT2D eigenvalue weighted by Gasteiger charge is -2.26. The Kier molecular flexibility index (Phi) is 7.13. The van der Waals surface area contributed by atoms with Gasteiger partial charge in [-0.25, -0.2) is 4.39 Å². The minimum Gasteiger partial charge on any atom is -0.492 e. The first-order chi connectivity index (χ1) is 16.7. The van der Waals surface area contributed by atoms with E-state index >= 15 is 0 Å². The summed E-state index contributed by atoms with van der Waals surface area (Å²) in [5.41, 5.74) is 3.52. The molecule has 2 aliphatic heterocycles. The molecule has 0 bridgehead atoms. The molecule has 1 saturated heterocycles. The van der Waals surface area contributed by atoms with Gasteiger partial charge < -0.3 is 14.8 Å². The molecule has 9 heteroatoms. The van der Waals surface area contributed by atoms with Gasteiger partial charge in [-0.15, -0.1) is 11.8 Å². The first kappa shape index (κ1) is 22.9. The fourth-order valence-electron chi connectivity index (χ4n) is 4.21. The van der Waals surface area contributed by atoms with E-state index in [0.29, 0.717) is 12.2 Å². The van der Waals surface area contributed by atoms with Crippen molar-refractivity contribution in [2.45, 2.75) is 11.3 Å². The monoisotopic (exact) mass is 482 g/mol. The fraction of sp³-hybridized carbons (Fsp3) is 0.360. The third-order valence-electron chi connectivity index (χ3n) is 6.14. The number of anilines is 1. The number of carbonyl (C=O) groups excluding carboxylic acids is 1. The number of hydrogen-bond acceptors (Lipinski definition) is 6. The van der Waals surface area contributed by atoms with Crippen LogP contribution in [0.25, 0.3) is 11.1 Å². The Labute approximate surface area is 202 Å². The molecule has 1 amide bonds. The standard InChI is InChI=1S/C25H27FN4O3S/c26-21-2-4-23-18(12-21)11-19(16-33-23)25(31)29-22-3-1-17(20-14-27-28-15-20)13-24(22)34-10-7-30-5-8-32-9-6-30/h1-4,12-15,19H,5-11,16H2,(H,27,28)(H,29,31). The number of carbonyl (C=O) groups is 1. The first-order valence-corrected chi connectivity index (χ1v) is 12.4. The van der Waals surface area contributed by atoms with Gasteiger partial charge in [-0.3, -0.25) is 14.8 Å². The van der Waals surface area contributed by atoms with E-state index in [9.17, 15) is 9.18 Å². The molecule has 1 aromatic heterocycles. The van der Waals surface area contributed by atoms with E-state index < -0.39 is 0 Å². The lowest BCUT2D eigenvalue weighted by atomic mass is 9.96. The molecule has 0 saturated carbocycles. The highest BCUT2D eigenvalue weighted by Crippen LogP contribution is 2.34. The van der Waals surface area contributed by atoms with Crippen LogP contribution >= 0.6 is 11.8 Å². The van der Waals surface area contributed by atoms with E-state index in [-0.39, 0.29) is 24.2 Å². The zero-order chi connectivity index (χ0) is 23.3. The SMILES string of the molecule is O=C(Nc1ccc(-c2cn[nH]c2)cc1SCCN1CCOCC1)C1COc2ccc(F)cc2C1. The fourth-order valence-corrected chi connectivity index (χ4v) is 5.26. The number of morpholine rings is 1. The average molecular weight is 483 g/mol. The van der Waals surface area contributed by atoms with Crippen molar-refractivity contribution in [2.24, 2.45) is 5.92 Å². The second-order valence-corrected chi connectivity index (χ2v) is 9.59. The maximum Gasteiger partial charge on any atom is 0.231 e. The Balaban J connectivity index is 1.29. The molecule has 1 unspecified atom stereocenters. The number of benzene rings is 2. The van der Waals surface area contributed by atoms with Crippen LogP contribution in [0.2, 0.25) is 0 Å². The molecule has 5 rings (SSSR count). The van der Waals surface area contributed by atoms with Crippen molar-refractivity contribution in [3.05, 3.63) is 60.2 Å². The van der Waals surface area contributed by atoms with Crippen LogP contribution in [0.5, 0.6) is 5.75 Å². The summed E-state index contributed by atoms with van der Waals surface area (Å²) in [7, 11) is 0. The van der Waals surface area contributed by atoms with Gasteiger partial charge in [-0.2, -0.15) is 5.10 Å². The van der Waals surface area contributed by atoms with Gasteiger partial charge in [0.05, 0.1) is 31.0 Å². The molecule has 3 heterocycles. The number of thioether (sulfide) groups is 1. The molecule has 7 nitrogen and oxygen atoms in total. The van der Waals surface area contributed by atoms with E-state index in [0.717, 1.165) is 65.9 Å². The molecule has 3 aromatic rings. The lowest BCUT2D eigenvalue weighted by molar-refractivity contribution is -0.121. The van der Waals surface area contributed by atoms with Crippen molar-refractivity contribution in [3.63, 3.8) is 0 Å². The summed E-state index contributed by atoms with van der Waals surface area (Å²) in [5.74, 6) is 0.721. The highest BCUT2D eigenvalue weighted by atomic mass is 32.2.